The van der Waals surface area contributed by atoms with E-state index < -0.39 is 11.9 Å². The van der Waals surface area contributed by atoms with Gasteiger partial charge in [-0.3, -0.25) is 9.59 Å². The zero-order valence-electron chi connectivity index (χ0n) is 25.7. The van der Waals surface area contributed by atoms with Crippen LogP contribution >= 0.6 is 0 Å². The van der Waals surface area contributed by atoms with Crippen molar-refractivity contribution in [3.8, 4) is 0 Å². The Hall–Kier alpha value is -3.68. The molecule has 226 valence electrons. The maximum Gasteiger partial charge on any atom is 4.00 e. The molecule has 4 aromatic heterocycles. The monoisotopic (exact) mass is 622 g/mol. The van der Waals surface area contributed by atoms with Crippen LogP contribution in [0, 0.1) is 27.7 Å². The van der Waals surface area contributed by atoms with Gasteiger partial charge in [0.15, 0.2) is 0 Å². The SMILES string of the molecule is CCc1c2[n-]c(c1C)/C=c1\[n-]/c(c(CCC(=O)O)c1C)=C\c1[n-]c(c(C)c1CCC(=O)O)Cc1[n-]c(c(C)c1CC)C2.[Fe+4]. The second-order valence-corrected chi connectivity index (χ2v) is 11.3. The quantitative estimate of drug-likeness (QED) is 0.253. The summed E-state index contributed by atoms with van der Waals surface area (Å²) in [5, 5.41) is 20.4. The summed E-state index contributed by atoms with van der Waals surface area (Å²) in [5.41, 5.74) is 14.0. The van der Waals surface area contributed by atoms with Gasteiger partial charge < -0.3 is 30.1 Å². The summed E-state index contributed by atoms with van der Waals surface area (Å²) in [6.45, 7) is 12.5. The molecule has 0 unspecified atom stereocenters. The molecular weight excluding hydrogens is 584 g/mol. The number of aliphatic carboxylic acids is 2. The zero-order chi connectivity index (χ0) is 30.3. The van der Waals surface area contributed by atoms with Crippen molar-refractivity contribution in [1.82, 2.24) is 19.9 Å². The van der Waals surface area contributed by atoms with Gasteiger partial charge in [-0.25, -0.2) is 0 Å². The molecule has 0 atom stereocenters. The second kappa shape index (κ2) is 12.9. The molecule has 43 heavy (non-hydrogen) atoms. The predicted molar refractivity (Wildman–Crippen MR) is 161 cm³/mol. The van der Waals surface area contributed by atoms with Gasteiger partial charge in [0.2, 0.25) is 0 Å². The van der Waals surface area contributed by atoms with Gasteiger partial charge in [0.05, 0.1) is 0 Å². The van der Waals surface area contributed by atoms with Crippen LogP contribution in [0.3, 0.4) is 0 Å². The van der Waals surface area contributed by atoms with Crippen LogP contribution in [0.1, 0.15) is 105 Å². The number of fused-ring (bicyclic) bond motifs is 8. The Balaban J connectivity index is 0.00000423. The number of carboxylic acid groups (broad SMARTS) is 2. The summed E-state index contributed by atoms with van der Waals surface area (Å²) in [7, 11) is 0. The minimum Gasteiger partial charge on any atom is -0.664 e. The fraction of sp³-hybridized carbons (Fsp3) is 0.412. The standard InChI is InChI=1S/C34H38N4O4.Fe/c1-7-21-17(3)25-13-26-19(5)23(9-11-33(39)40)31(37-26)16-32-24(10-12-34(41)42)20(6)28(38-32)15-30-22(8-2)18(4)27(36-30)14-29(21)35-25;/h13,16H,7-12,14-15H2,1-6H3,(H,39,40)(H,41,42);/q-4;+4/b26-13-,31-16-;. The molecule has 0 saturated carbocycles. The van der Waals surface area contributed by atoms with Crippen molar-refractivity contribution in [3.63, 3.8) is 0 Å². The van der Waals surface area contributed by atoms with Crippen LogP contribution in [-0.4, -0.2) is 22.2 Å². The molecule has 0 amide bonds. The Kier molecular flexibility index (Phi) is 9.67. The van der Waals surface area contributed by atoms with Crippen molar-refractivity contribution in [1.29, 1.82) is 0 Å². The molecule has 0 radical (unpaired) electrons. The largest absolute Gasteiger partial charge is 4.00 e. The minimum atomic E-state index is -0.869. The fourth-order valence-corrected chi connectivity index (χ4v) is 6.43. The van der Waals surface area contributed by atoms with Crippen molar-refractivity contribution in [3.05, 3.63) is 89.4 Å². The van der Waals surface area contributed by atoms with Crippen LogP contribution in [0.4, 0.5) is 0 Å². The van der Waals surface area contributed by atoms with E-state index in [0.717, 1.165) is 74.5 Å². The molecule has 8 nitrogen and oxygen atoms in total. The first-order valence-corrected chi connectivity index (χ1v) is 14.7. The van der Waals surface area contributed by atoms with Gasteiger partial charge in [-0.1, -0.05) is 70.5 Å². The zero-order valence-corrected chi connectivity index (χ0v) is 26.8. The molecule has 8 bridgehead atoms. The molecule has 2 N–H and O–H groups in total. The normalized spacial score (nSPS) is 14.0. The molecular formula is C34H38FeN4O4. The molecule has 1 aliphatic heterocycles. The molecule has 4 aromatic rings. The minimum absolute atomic E-state index is 0. The Morgan fingerprint density at radius 3 is 1.70 bits per heavy atom. The van der Waals surface area contributed by atoms with Crippen molar-refractivity contribution in [2.24, 2.45) is 0 Å². The molecule has 0 aromatic carbocycles. The topological polar surface area (TPSA) is 131 Å². The van der Waals surface area contributed by atoms with Crippen LogP contribution in [0.5, 0.6) is 0 Å². The van der Waals surface area contributed by atoms with E-state index >= 15 is 0 Å². The summed E-state index contributed by atoms with van der Waals surface area (Å²) in [6.07, 6.45) is 7.51. The van der Waals surface area contributed by atoms with Gasteiger partial charge in [0.1, 0.15) is 0 Å². The van der Waals surface area contributed by atoms with E-state index in [1.54, 1.807) is 0 Å². The smallest absolute Gasteiger partial charge is 0.664 e. The summed E-state index contributed by atoms with van der Waals surface area (Å²) >= 11 is 0. The molecule has 1 aliphatic rings. The average molecular weight is 623 g/mol. The van der Waals surface area contributed by atoms with Gasteiger partial charge in [-0.05, 0) is 66.2 Å². The fourth-order valence-electron chi connectivity index (χ4n) is 6.43. The van der Waals surface area contributed by atoms with Crippen LogP contribution in [0.2, 0.25) is 0 Å². The number of carbonyl (C=O) groups is 2. The molecule has 5 heterocycles. The second-order valence-electron chi connectivity index (χ2n) is 11.3. The Labute approximate surface area is 262 Å². The van der Waals surface area contributed by atoms with E-state index in [1.807, 2.05) is 26.0 Å². The summed E-state index contributed by atoms with van der Waals surface area (Å²) < 4.78 is 0. The number of rotatable bonds is 8. The molecule has 0 spiro atoms. The van der Waals surface area contributed by atoms with Gasteiger partial charge in [0.25, 0.3) is 0 Å². The number of hydrogen-bond donors (Lipinski definition) is 2. The maximum absolute atomic E-state index is 11.5. The van der Waals surface area contributed by atoms with Gasteiger partial charge in [-0.15, -0.1) is 22.1 Å². The van der Waals surface area contributed by atoms with Crippen LogP contribution in [0.25, 0.3) is 12.2 Å². The third-order valence-electron chi connectivity index (χ3n) is 8.88. The molecule has 0 aliphatic carbocycles. The molecule has 5 rings (SSSR count). The summed E-state index contributed by atoms with van der Waals surface area (Å²) in [5.74, 6) is -1.73. The van der Waals surface area contributed by atoms with E-state index in [0.29, 0.717) is 36.7 Å². The Morgan fingerprint density at radius 1 is 0.605 bits per heavy atom. The summed E-state index contributed by atoms with van der Waals surface area (Å²) in [4.78, 5) is 43.3. The molecule has 0 fully saturated rings. The third kappa shape index (κ3) is 6.20. The van der Waals surface area contributed by atoms with E-state index in [1.165, 1.54) is 16.7 Å². The van der Waals surface area contributed by atoms with Gasteiger partial charge in [0, 0.05) is 12.8 Å². The first-order valence-electron chi connectivity index (χ1n) is 14.7. The van der Waals surface area contributed by atoms with Crippen molar-refractivity contribution in [2.45, 2.75) is 92.9 Å². The van der Waals surface area contributed by atoms with Crippen LogP contribution in [-0.2, 0) is 65.2 Å². The first-order chi connectivity index (χ1) is 20.0. The van der Waals surface area contributed by atoms with Crippen molar-refractivity contribution < 1.29 is 36.9 Å². The van der Waals surface area contributed by atoms with Gasteiger partial charge in [-0.2, -0.15) is 22.8 Å². The number of aromatic nitrogens is 4. The Bertz CT molecular complexity index is 1810. The van der Waals surface area contributed by atoms with Crippen molar-refractivity contribution in [2.75, 3.05) is 0 Å². The van der Waals surface area contributed by atoms with Crippen LogP contribution in [0.15, 0.2) is 0 Å². The predicted octanol–water partition coefficient (Wildman–Crippen LogP) is 3.06. The molecule has 0 saturated heterocycles. The molecule has 9 heteroatoms. The third-order valence-corrected chi connectivity index (χ3v) is 8.88. The summed E-state index contributed by atoms with van der Waals surface area (Å²) in [6, 6.07) is 0. The van der Waals surface area contributed by atoms with E-state index in [9.17, 15) is 19.8 Å². The Morgan fingerprint density at radius 2 is 1.09 bits per heavy atom. The number of carboxylic acids is 2. The number of hydrogen-bond acceptors (Lipinski definition) is 2. The van der Waals surface area contributed by atoms with Crippen LogP contribution < -0.4 is 30.6 Å². The first kappa shape index (κ1) is 32.2. The van der Waals surface area contributed by atoms with E-state index in [-0.39, 0.29) is 29.9 Å². The van der Waals surface area contributed by atoms with Gasteiger partial charge >= 0.3 is 29.0 Å². The van der Waals surface area contributed by atoms with E-state index in [2.05, 4.69) is 27.7 Å². The maximum atomic E-state index is 11.5. The van der Waals surface area contributed by atoms with E-state index in [4.69, 9.17) is 19.9 Å². The average Bonchev–Trinajstić information content (AvgIpc) is 3.59. The van der Waals surface area contributed by atoms with Crippen molar-refractivity contribution >= 4 is 24.1 Å². The number of nitrogens with zero attached hydrogens (tertiary/aromatic N) is 4.